The van der Waals surface area contributed by atoms with Crippen LogP contribution in [-0.2, 0) is 22.7 Å². The van der Waals surface area contributed by atoms with Crippen molar-refractivity contribution in [2.45, 2.75) is 51.2 Å². The predicted octanol–water partition coefficient (Wildman–Crippen LogP) is 0.955. The van der Waals surface area contributed by atoms with Crippen LogP contribution in [-0.4, -0.2) is 84.3 Å². The van der Waals surface area contributed by atoms with Gasteiger partial charge < -0.3 is 15.1 Å². The molecule has 3 fully saturated rings. The second-order valence-corrected chi connectivity index (χ2v) is 9.99. The number of carbonyl (C=O) groups is 3. The van der Waals surface area contributed by atoms with Crippen molar-refractivity contribution in [3.05, 3.63) is 34.9 Å². The first kappa shape index (κ1) is 22.5. The highest BCUT2D eigenvalue weighted by Gasteiger charge is 2.39. The van der Waals surface area contributed by atoms with Crippen molar-refractivity contribution in [1.82, 2.24) is 25.3 Å². The number of piperidine rings is 2. The molecule has 0 spiro atoms. The molecule has 1 unspecified atom stereocenters. The molecule has 0 aliphatic carbocycles. The van der Waals surface area contributed by atoms with Crippen LogP contribution < -0.4 is 10.6 Å². The van der Waals surface area contributed by atoms with Gasteiger partial charge in [-0.15, -0.1) is 0 Å². The summed E-state index contributed by atoms with van der Waals surface area (Å²) in [4.78, 5) is 43.3. The number of hydrogen-bond acceptors (Lipinski definition) is 6. The third-order valence-corrected chi connectivity index (χ3v) is 7.77. The number of carbonyl (C=O) groups excluding carboxylic acids is 3. The molecule has 0 aromatic heterocycles. The van der Waals surface area contributed by atoms with Crippen LogP contribution in [0.3, 0.4) is 0 Å². The van der Waals surface area contributed by atoms with Crippen molar-refractivity contribution in [1.29, 1.82) is 0 Å². The van der Waals surface area contributed by atoms with Gasteiger partial charge in [-0.25, -0.2) is 0 Å². The number of nitrogens with zero attached hydrogens (tertiary/aromatic N) is 3. The number of piperazine rings is 1. The van der Waals surface area contributed by atoms with Crippen molar-refractivity contribution in [3.63, 3.8) is 0 Å². The van der Waals surface area contributed by atoms with Gasteiger partial charge in [-0.1, -0.05) is 12.1 Å². The lowest BCUT2D eigenvalue weighted by Gasteiger charge is -2.35. The summed E-state index contributed by atoms with van der Waals surface area (Å²) >= 11 is 0. The number of imide groups is 1. The molecular weight excluding hydrogens is 418 g/mol. The number of fused-ring (bicyclic) bond motifs is 1. The smallest absolute Gasteiger partial charge is 0.255 e. The zero-order chi connectivity index (χ0) is 22.8. The Kier molecular flexibility index (Phi) is 6.76. The Morgan fingerprint density at radius 1 is 0.939 bits per heavy atom. The molecule has 4 aliphatic rings. The fourth-order valence-electron chi connectivity index (χ4n) is 5.69. The predicted molar refractivity (Wildman–Crippen MR) is 124 cm³/mol. The lowest BCUT2D eigenvalue weighted by molar-refractivity contribution is -0.136. The molecule has 1 aromatic carbocycles. The van der Waals surface area contributed by atoms with E-state index in [0.29, 0.717) is 18.5 Å². The minimum absolute atomic E-state index is 0.103. The highest BCUT2D eigenvalue weighted by atomic mass is 16.2. The zero-order valence-electron chi connectivity index (χ0n) is 19.4. The Labute approximate surface area is 195 Å². The highest BCUT2D eigenvalue weighted by molar-refractivity contribution is 6.05. The molecule has 0 saturated carbocycles. The summed E-state index contributed by atoms with van der Waals surface area (Å²) in [6.07, 6.45) is 4.65. The molecule has 4 aliphatic heterocycles. The van der Waals surface area contributed by atoms with Gasteiger partial charge in [0.1, 0.15) is 6.04 Å². The molecule has 178 valence electrons. The number of rotatable bonds is 6. The molecule has 0 bridgehead atoms. The van der Waals surface area contributed by atoms with Gasteiger partial charge >= 0.3 is 0 Å². The first-order chi connectivity index (χ1) is 16.1. The minimum Gasteiger partial charge on any atom is -0.322 e. The monoisotopic (exact) mass is 453 g/mol. The summed E-state index contributed by atoms with van der Waals surface area (Å²) in [7, 11) is 0. The molecule has 33 heavy (non-hydrogen) atoms. The SMILES string of the molecule is O=C1CCC(N2Cc3cc(CN4CCN(CCC5CCNCC5)CC4)ccc3C2=O)C(=O)N1. The first-order valence-corrected chi connectivity index (χ1v) is 12.5. The van der Waals surface area contributed by atoms with Gasteiger partial charge in [0.2, 0.25) is 11.8 Å². The molecule has 2 N–H and O–H groups in total. The maximum Gasteiger partial charge on any atom is 0.255 e. The average molecular weight is 454 g/mol. The zero-order valence-corrected chi connectivity index (χ0v) is 19.4. The maximum absolute atomic E-state index is 12.9. The molecule has 0 radical (unpaired) electrons. The molecule has 5 rings (SSSR count). The summed E-state index contributed by atoms with van der Waals surface area (Å²) in [5.74, 6) is 0.172. The highest BCUT2D eigenvalue weighted by Crippen LogP contribution is 2.28. The van der Waals surface area contributed by atoms with Crippen LogP contribution in [0.1, 0.15) is 53.6 Å². The topological polar surface area (TPSA) is 85.0 Å². The Balaban J connectivity index is 1.12. The maximum atomic E-state index is 12.9. The lowest BCUT2D eigenvalue weighted by atomic mass is 9.94. The van der Waals surface area contributed by atoms with E-state index in [-0.39, 0.29) is 24.1 Å². The second-order valence-electron chi connectivity index (χ2n) is 9.99. The van der Waals surface area contributed by atoms with Crippen molar-refractivity contribution in [2.75, 3.05) is 45.8 Å². The molecule has 4 heterocycles. The minimum atomic E-state index is -0.552. The largest absolute Gasteiger partial charge is 0.322 e. The van der Waals surface area contributed by atoms with Crippen LogP contribution in [0.25, 0.3) is 0 Å². The quantitative estimate of drug-likeness (QED) is 0.624. The molecule has 1 atom stereocenters. The lowest BCUT2D eigenvalue weighted by Crippen LogP contribution is -2.52. The van der Waals surface area contributed by atoms with Gasteiger partial charge in [-0.05, 0) is 68.4 Å². The van der Waals surface area contributed by atoms with Crippen LogP contribution >= 0.6 is 0 Å². The fourth-order valence-corrected chi connectivity index (χ4v) is 5.69. The third kappa shape index (κ3) is 5.13. The number of amides is 3. The molecule has 8 nitrogen and oxygen atoms in total. The summed E-state index contributed by atoms with van der Waals surface area (Å²) in [6.45, 7) is 9.30. The molecule has 8 heteroatoms. The van der Waals surface area contributed by atoms with E-state index in [1.165, 1.54) is 44.5 Å². The van der Waals surface area contributed by atoms with E-state index in [1.54, 1.807) is 4.90 Å². The van der Waals surface area contributed by atoms with E-state index in [9.17, 15) is 14.4 Å². The Morgan fingerprint density at radius 2 is 1.70 bits per heavy atom. The number of nitrogens with one attached hydrogen (secondary N) is 2. The third-order valence-electron chi connectivity index (χ3n) is 7.77. The van der Waals surface area contributed by atoms with Gasteiger partial charge in [0.15, 0.2) is 0 Å². The van der Waals surface area contributed by atoms with E-state index >= 15 is 0 Å². The van der Waals surface area contributed by atoms with E-state index < -0.39 is 6.04 Å². The van der Waals surface area contributed by atoms with Gasteiger partial charge in [0.05, 0.1) is 0 Å². The molecular formula is C25H35N5O3. The number of benzene rings is 1. The summed E-state index contributed by atoms with van der Waals surface area (Å²) < 4.78 is 0. The van der Waals surface area contributed by atoms with Crippen molar-refractivity contribution in [3.8, 4) is 0 Å². The van der Waals surface area contributed by atoms with Gasteiger partial charge in [0, 0.05) is 51.3 Å². The van der Waals surface area contributed by atoms with E-state index in [2.05, 4.69) is 26.5 Å². The van der Waals surface area contributed by atoms with Gasteiger partial charge in [-0.3, -0.25) is 24.6 Å². The van der Waals surface area contributed by atoms with E-state index in [0.717, 1.165) is 44.2 Å². The van der Waals surface area contributed by atoms with E-state index in [4.69, 9.17) is 0 Å². The summed E-state index contributed by atoms with van der Waals surface area (Å²) in [5, 5.41) is 5.82. The number of hydrogen-bond donors (Lipinski definition) is 2. The Bertz CT molecular complexity index is 905. The van der Waals surface area contributed by atoms with Crippen molar-refractivity contribution in [2.24, 2.45) is 5.92 Å². The summed E-state index contributed by atoms with van der Waals surface area (Å²) in [6, 6.07) is 5.54. The van der Waals surface area contributed by atoms with Gasteiger partial charge in [-0.2, -0.15) is 0 Å². The summed E-state index contributed by atoms with van der Waals surface area (Å²) in [5.41, 5.74) is 2.89. The van der Waals surface area contributed by atoms with Crippen molar-refractivity contribution >= 4 is 17.7 Å². The molecule has 3 amide bonds. The molecule has 3 saturated heterocycles. The molecule has 1 aromatic rings. The second kappa shape index (κ2) is 9.91. The fraction of sp³-hybridized carbons (Fsp3) is 0.640. The Hall–Kier alpha value is -2.29. The van der Waals surface area contributed by atoms with Crippen LogP contribution in [0.2, 0.25) is 0 Å². The Morgan fingerprint density at radius 3 is 2.45 bits per heavy atom. The van der Waals surface area contributed by atoms with Crippen molar-refractivity contribution < 1.29 is 14.4 Å². The van der Waals surface area contributed by atoms with Gasteiger partial charge in [0.25, 0.3) is 5.91 Å². The van der Waals surface area contributed by atoms with Crippen LogP contribution in [0.5, 0.6) is 0 Å². The normalized spacial score (nSPS) is 25.4. The van der Waals surface area contributed by atoms with E-state index in [1.807, 2.05) is 12.1 Å². The average Bonchev–Trinajstić information content (AvgIpc) is 3.15. The standard InChI is InChI=1S/C25H35N5O3/c31-23-4-3-22(24(32)27-23)30-17-20-15-19(1-2-21(20)25(30)33)16-29-13-11-28(12-14-29)10-7-18-5-8-26-9-6-18/h1-2,15,18,22,26H,3-14,16-17H2,(H,27,31,32). The first-order valence-electron chi connectivity index (χ1n) is 12.5. The van der Waals surface area contributed by atoms with Crippen LogP contribution in [0, 0.1) is 5.92 Å². The van der Waals surface area contributed by atoms with Crippen LogP contribution in [0.15, 0.2) is 18.2 Å². The van der Waals surface area contributed by atoms with Crippen LogP contribution in [0.4, 0.5) is 0 Å².